The Bertz CT molecular complexity index is 825. The van der Waals surface area contributed by atoms with E-state index in [4.69, 9.17) is 4.42 Å². The summed E-state index contributed by atoms with van der Waals surface area (Å²) in [6, 6.07) is 2.13. The minimum Gasteiger partial charge on any atom is -0.467 e. The summed E-state index contributed by atoms with van der Waals surface area (Å²) in [4.78, 5) is 52.2. The highest BCUT2D eigenvalue weighted by Crippen LogP contribution is 2.36. The van der Waals surface area contributed by atoms with Gasteiger partial charge in [0.25, 0.3) is 5.91 Å². The zero-order chi connectivity index (χ0) is 21.8. The van der Waals surface area contributed by atoms with Gasteiger partial charge in [0, 0.05) is 6.04 Å². The molecule has 1 aromatic rings. The van der Waals surface area contributed by atoms with Crippen LogP contribution in [-0.4, -0.2) is 46.3 Å². The Balaban J connectivity index is 1.61. The summed E-state index contributed by atoms with van der Waals surface area (Å²) in [5.74, 6) is -0.405. The lowest BCUT2D eigenvalue weighted by atomic mass is 9.78. The molecule has 0 spiro atoms. The van der Waals surface area contributed by atoms with Crippen LogP contribution in [0.4, 0.5) is 4.79 Å². The van der Waals surface area contributed by atoms with Crippen LogP contribution in [-0.2, 0) is 20.9 Å². The molecule has 1 saturated heterocycles. The highest BCUT2D eigenvalue weighted by Gasteiger charge is 2.48. The molecule has 2 heterocycles. The number of nitrogens with zero attached hydrogens (tertiary/aromatic N) is 1. The molecule has 5 amide bonds. The fourth-order valence-electron chi connectivity index (χ4n) is 5.07. The zero-order valence-electron chi connectivity index (χ0n) is 17.7. The van der Waals surface area contributed by atoms with Crippen molar-refractivity contribution in [1.29, 1.82) is 0 Å². The Kier molecular flexibility index (Phi) is 6.29. The van der Waals surface area contributed by atoms with Crippen molar-refractivity contribution in [2.45, 2.75) is 88.4 Å². The average Bonchev–Trinajstić information content (AvgIpc) is 3.50. The second kappa shape index (κ2) is 9.11. The Labute approximate surface area is 181 Å². The number of nitrogens with one attached hydrogen (secondary N) is 3. The second-order valence-electron chi connectivity index (χ2n) is 8.83. The van der Waals surface area contributed by atoms with Gasteiger partial charge in [-0.25, -0.2) is 4.79 Å². The van der Waals surface area contributed by atoms with Crippen molar-refractivity contribution < 1.29 is 23.6 Å². The molecule has 9 heteroatoms. The van der Waals surface area contributed by atoms with Crippen LogP contribution in [0.5, 0.6) is 0 Å². The van der Waals surface area contributed by atoms with Gasteiger partial charge in [-0.2, -0.15) is 0 Å². The molecule has 4 rings (SSSR count). The van der Waals surface area contributed by atoms with Crippen molar-refractivity contribution in [3.05, 3.63) is 24.2 Å². The van der Waals surface area contributed by atoms with Gasteiger partial charge in [-0.1, -0.05) is 32.1 Å². The largest absolute Gasteiger partial charge is 0.467 e. The third kappa shape index (κ3) is 4.60. The molecule has 2 aliphatic carbocycles. The number of hydrogen-bond donors (Lipinski definition) is 3. The molecule has 9 nitrogen and oxygen atoms in total. The van der Waals surface area contributed by atoms with Crippen LogP contribution in [0.15, 0.2) is 22.8 Å². The SMILES string of the molecule is O=C1NC(=O)[C@@H](CC(=O)N(Cc2ccco2)C2(C(=O)NC3CCCC3)CCCCC2)N1. The van der Waals surface area contributed by atoms with Crippen molar-refractivity contribution in [2.24, 2.45) is 0 Å². The Morgan fingerprint density at radius 2 is 1.87 bits per heavy atom. The number of rotatable bonds is 7. The van der Waals surface area contributed by atoms with E-state index in [0.29, 0.717) is 18.6 Å². The molecule has 0 bridgehead atoms. The third-order valence-electron chi connectivity index (χ3n) is 6.74. The molecule has 0 aromatic carbocycles. The van der Waals surface area contributed by atoms with Gasteiger partial charge >= 0.3 is 6.03 Å². The first-order valence-corrected chi connectivity index (χ1v) is 11.2. The van der Waals surface area contributed by atoms with E-state index in [1.807, 2.05) is 0 Å². The van der Waals surface area contributed by atoms with Crippen LogP contribution in [0.3, 0.4) is 0 Å². The first kappa shape index (κ1) is 21.4. The molecule has 168 valence electrons. The quantitative estimate of drug-likeness (QED) is 0.571. The predicted molar refractivity (Wildman–Crippen MR) is 111 cm³/mol. The summed E-state index contributed by atoms with van der Waals surface area (Å²) in [5.41, 5.74) is -0.982. The number of furan rings is 1. The Morgan fingerprint density at radius 3 is 2.48 bits per heavy atom. The van der Waals surface area contributed by atoms with E-state index >= 15 is 0 Å². The van der Waals surface area contributed by atoms with E-state index in [9.17, 15) is 19.2 Å². The maximum absolute atomic E-state index is 13.6. The van der Waals surface area contributed by atoms with Crippen LogP contribution >= 0.6 is 0 Å². The molecular weight excluding hydrogens is 400 g/mol. The van der Waals surface area contributed by atoms with Gasteiger partial charge in [-0.15, -0.1) is 0 Å². The van der Waals surface area contributed by atoms with E-state index in [-0.39, 0.29) is 30.8 Å². The summed E-state index contributed by atoms with van der Waals surface area (Å²) < 4.78 is 5.50. The van der Waals surface area contributed by atoms with Gasteiger partial charge in [0.15, 0.2) is 0 Å². The van der Waals surface area contributed by atoms with E-state index in [1.165, 1.54) is 6.26 Å². The number of urea groups is 1. The molecule has 31 heavy (non-hydrogen) atoms. The molecule has 1 aromatic heterocycles. The fourth-order valence-corrected chi connectivity index (χ4v) is 5.07. The third-order valence-corrected chi connectivity index (χ3v) is 6.74. The van der Waals surface area contributed by atoms with E-state index in [0.717, 1.165) is 44.9 Å². The molecule has 0 radical (unpaired) electrons. The maximum Gasteiger partial charge on any atom is 0.322 e. The van der Waals surface area contributed by atoms with Crippen molar-refractivity contribution in [3.63, 3.8) is 0 Å². The van der Waals surface area contributed by atoms with Gasteiger partial charge in [-0.3, -0.25) is 19.7 Å². The van der Waals surface area contributed by atoms with Crippen molar-refractivity contribution in [1.82, 2.24) is 20.9 Å². The van der Waals surface area contributed by atoms with Crippen LogP contribution in [0.2, 0.25) is 0 Å². The first-order chi connectivity index (χ1) is 15.0. The van der Waals surface area contributed by atoms with Crippen LogP contribution in [0, 0.1) is 0 Å². The molecular formula is C22H30N4O5. The van der Waals surface area contributed by atoms with Crippen LogP contribution in [0.25, 0.3) is 0 Å². The predicted octanol–water partition coefficient (Wildman–Crippen LogP) is 1.97. The molecule has 2 saturated carbocycles. The number of hydrogen-bond acceptors (Lipinski definition) is 5. The lowest BCUT2D eigenvalue weighted by molar-refractivity contribution is -0.153. The van der Waals surface area contributed by atoms with Gasteiger partial charge < -0.3 is 20.0 Å². The second-order valence-corrected chi connectivity index (χ2v) is 8.83. The maximum atomic E-state index is 13.6. The fraction of sp³-hybridized carbons (Fsp3) is 0.636. The van der Waals surface area contributed by atoms with Crippen LogP contribution < -0.4 is 16.0 Å². The summed E-state index contributed by atoms with van der Waals surface area (Å²) in [6.07, 6.45) is 9.31. The van der Waals surface area contributed by atoms with Gasteiger partial charge in [0.1, 0.15) is 17.3 Å². The van der Waals surface area contributed by atoms with Crippen molar-refractivity contribution in [2.75, 3.05) is 0 Å². The van der Waals surface area contributed by atoms with Gasteiger partial charge in [-0.05, 0) is 37.8 Å². The molecule has 3 N–H and O–H groups in total. The lowest BCUT2D eigenvalue weighted by Gasteiger charge is -2.45. The summed E-state index contributed by atoms with van der Waals surface area (Å²) in [5, 5.41) is 7.84. The highest BCUT2D eigenvalue weighted by atomic mass is 16.3. The molecule has 1 aliphatic heterocycles. The minimum atomic E-state index is -0.982. The lowest BCUT2D eigenvalue weighted by Crippen LogP contribution is -2.62. The molecule has 1 atom stereocenters. The summed E-state index contributed by atoms with van der Waals surface area (Å²) in [6.45, 7) is 0.145. The minimum absolute atomic E-state index is 0.112. The smallest absolute Gasteiger partial charge is 0.322 e. The van der Waals surface area contributed by atoms with E-state index in [2.05, 4.69) is 16.0 Å². The number of imide groups is 1. The van der Waals surface area contributed by atoms with Crippen molar-refractivity contribution in [3.8, 4) is 0 Å². The Morgan fingerprint density at radius 1 is 1.13 bits per heavy atom. The van der Waals surface area contributed by atoms with E-state index < -0.39 is 23.5 Å². The highest BCUT2D eigenvalue weighted by molar-refractivity contribution is 6.06. The normalized spacial score (nSPS) is 23.3. The number of carbonyl (C=O) groups is 4. The summed E-state index contributed by atoms with van der Waals surface area (Å²) >= 11 is 0. The average molecular weight is 431 g/mol. The monoisotopic (exact) mass is 430 g/mol. The van der Waals surface area contributed by atoms with Gasteiger partial charge in [0.2, 0.25) is 11.8 Å². The number of carbonyl (C=O) groups excluding carboxylic acids is 4. The van der Waals surface area contributed by atoms with E-state index in [1.54, 1.807) is 17.0 Å². The Hall–Kier alpha value is -2.84. The zero-order valence-corrected chi connectivity index (χ0v) is 17.7. The van der Waals surface area contributed by atoms with Crippen LogP contribution in [0.1, 0.15) is 70.0 Å². The number of amides is 5. The van der Waals surface area contributed by atoms with Gasteiger partial charge in [0.05, 0.1) is 19.2 Å². The molecule has 3 aliphatic rings. The molecule has 0 unspecified atom stereocenters. The summed E-state index contributed by atoms with van der Waals surface area (Å²) in [7, 11) is 0. The molecule has 3 fully saturated rings. The topological polar surface area (TPSA) is 121 Å². The first-order valence-electron chi connectivity index (χ1n) is 11.2. The van der Waals surface area contributed by atoms with Crippen molar-refractivity contribution >= 4 is 23.8 Å². The standard InChI is InChI=1S/C22H30N4O5/c27-18(13-17-19(28)25-21(30)24-17)26(14-16-9-6-12-31-16)22(10-4-1-5-11-22)20(29)23-15-7-2-3-8-15/h6,9,12,15,17H,1-5,7-8,10-11,13-14H2,(H,23,29)(H2,24,25,28,30)/t17-/m1/s1.